The van der Waals surface area contributed by atoms with E-state index in [0.717, 1.165) is 12.8 Å². The zero-order valence-corrected chi connectivity index (χ0v) is 9.50. The van der Waals surface area contributed by atoms with E-state index in [2.05, 4.69) is 0 Å². The highest BCUT2D eigenvalue weighted by Crippen LogP contribution is 2.29. The molecule has 4 heteroatoms. The second kappa shape index (κ2) is 4.52. The number of rotatable bonds is 2. The summed E-state index contributed by atoms with van der Waals surface area (Å²) < 4.78 is 0. The smallest absolute Gasteiger partial charge is 0.227 e. The van der Waals surface area contributed by atoms with Crippen molar-refractivity contribution >= 4 is 22.8 Å². The van der Waals surface area contributed by atoms with Crippen LogP contribution >= 0.6 is 11.6 Å². The van der Waals surface area contributed by atoms with E-state index in [-0.39, 0.29) is 17.1 Å². The summed E-state index contributed by atoms with van der Waals surface area (Å²) in [5.74, 6) is -0.151. The molecular formula is C11H16ClNO2. The Morgan fingerprint density at radius 2 is 1.93 bits per heavy atom. The quantitative estimate of drug-likeness (QED) is 0.679. The van der Waals surface area contributed by atoms with E-state index in [1.54, 1.807) is 0 Å². The zero-order valence-electron chi connectivity index (χ0n) is 8.75. The largest absolute Gasteiger partial charge is 0.339 e. The monoisotopic (exact) mass is 229 g/mol. The van der Waals surface area contributed by atoms with Gasteiger partial charge in [-0.3, -0.25) is 9.59 Å². The van der Waals surface area contributed by atoms with Crippen LogP contribution in [0.15, 0.2) is 0 Å². The number of carbonyl (C=O) groups excluding carboxylic acids is 2. The normalized spacial score (nSPS) is 28.5. The van der Waals surface area contributed by atoms with E-state index in [1.165, 1.54) is 19.3 Å². The Bertz CT molecular complexity index is 274. The molecule has 0 N–H and O–H groups in total. The SMILES string of the molecule is O=C(Cl)C1CC(=O)N(C2CCCCC2)C1. The Labute approximate surface area is 94.8 Å². The Kier molecular flexibility index (Phi) is 3.29. The van der Waals surface area contributed by atoms with Gasteiger partial charge in [-0.15, -0.1) is 0 Å². The average molecular weight is 230 g/mol. The first-order chi connectivity index (χ1) is 7.18. The van der Waals surface area contributed by atoms with Gasteiger partial charge in [-0.05, 0) is 24.4 Å². The molecule has 1 saturated carbocycles. The summed E-state index contributed by atoms with van der Waals surface area (Å²) in [6.45, 7) is 0.547. The minimum absolute atomic E-state index is 0.112. The lowest BCUT2D eigenvalue weighted by Crippen LogP contribution is -2.38. The van der Waals surface area contributed by atoms with Crippen LogP contribution in [0.5, 0.6) is 0 Å². The molecule has 1 amide bonds. The van der Waals surface area contributed by atoms with Crippen molar-refractivity contribution in [2.24, 2.45) is 5.92 Å². The molecule has 0 spiro atoms. The van der Waals surface area contributed by atoms with Crippen molar-refractivity contribution in [3.63, 3.8) is 0 Å². The molecule has 1 saturated heterocycles. The standard InChI is InChI=1S/C11H16ClNO2/c12-11(15)8-6-10(14)13(7-8)9-4-2-1-3-5-9/h8-9H,1-7H2. The van der Waals surface area contributed by atoms with Gasteiger partial charge in [0.25, 0.3) is 0 Å². The summed E-state index contributed by atoms with van der Waals surface area (Å²) >= 11 is 5.44. The van der Waals surface area contributed by atoms with Gasteiger partial charge in [-0.2, -0.15) is 0 Å². The first-order valence-electron chi connectivity index (χ1n) is 5.67. The molecule has 2 rings (SSSR count). The van der Waals surface area contributed by atoms with Crippen molar-refractivity contribution < 1.29 is 9.59 Å². The van der Waals surface area contributed by atoms with Crippen LogP contribution < -0.4 is 0 Å². The third-order valence-corrected chi connectivity index (χ3v) is 3.80. The van der Waals surface area contributed by atoms with Crippen molar-refractivity contribution in [3.05, 3.63) is 0 Å². The van der Waals surface area contributed by atoms with Crippen molar-refractivity contribution in [2.45, 2.75) is 44.6 Å². The molecule has 84 valence electrons. The van der Waals surface area contributed by atoms with Crippen molar-refractivity contribution in [1.29, 1.82) is 0 Å². The molecule has 1 atom stereocenters. The maximum Gasteiger partial charge on any atom is 0.227 e. The van der Waals surface area contributed by atoms with E-state index in [4.69, 9.17) is 11.6 Å². The highest BCUT2D eigenvalue weighted by Gasteiger charge is 2.37. The minimum atomic E-state index is -0.360. The molecule has 2 aliphatic rings. The lowest BCUT2D eigenvalue weighted by Gasteiger charge is -2.31. The van der Waals surface area contributed by atoms with Crippen LogP contribution in [0.1, 0.15) is 38.5 Å². The number of carbonyl (C=O) groups is 2. The van der Waals surface area contributed by atoms with Gasteiger partial charge in [0.1, 0.15) is 0 Å². The predicted molar refractivity (Wildman–Crippen MR) is 57.6 cm³/mol. The van der Waals surface area contributed by atoms with Gasteiger partial charge >= 0.3 is 0 Å². The number of nitrogens with zero attached hydrogens (tertiary/aromatic N) is 1. The van der Waals surface area contributed by atoms with E-state index < -0.39 is 0 Å². The van der Waals surface area contributed by atoms with Crippen LogP contribution in [0, 0.1) is 5.92 Å². The third-order valence-electron chi connectivity index (χ3n) is 3.49. The molecule has 1 heterocycles. The molecule has 0 radical (unpaired) electrons. The van der Waals surface area contributed by atoms with Crippen LogP contribution in [0.25, 0.3) is 0 Å². The summed E-state index contributed by atoms with van der Waals surface area (Å²) in [7, 11) is 0. The predicted octanol–water partition coefficient (Wildman–Crippen LogP) is 1.93. The van der Waals surface area contributed by atoms with Gasteiger partial charge < -0.3 is 4.90 Å². The molecule has 2 fully saturated rings. The second-order valence-electron chi connectivity index (χ2n) is 4.54. The van der Waals surface area contributed by atoms with Crippen molar-refractivity contribution in [1.82, 2.24) is 4.90 Å². The summed E-state index contributed by atoms with van der Waals surface area (Å²) in [6, 6.07) is 0.368. The Morgan fingerprint density at radius 1 is 1.27 bits per heavy atom. The summed E-state index contributed by atoms with van der Waals surface area (Å²) in [6.07, 6.45) is 6.18. The lowest BCUT2D eigenvalue weighted by molar-refractivity contribution is -0.130. The molecule has 15 heavy (non-hydrogen) atoms. The highest BCUT2D eigenvalue weighted by atomic mass is 35.5. The second-order valence-corrected chi connectivity index (χ2v) is 4.92. The van der Waals surface area contributed by atoms with Crippen LogP contribution in [-0.4, -0.2) is 28.6 Å². The van der Waals surface area contributed by atoms with Gasteiger partial charge in [0, 0.05) is 19.0 Å². The number of hydrogen-bond acceptors (Lipinski definition) is 2. The van der Waals surface area contributed by atoms with Crippen molar-refractivity contribution in [3.8, 4) is 0 Å². The fourth-order valence-electron chi connectivity index (χ4n) is 2.63. The molecule has 3 nitrogen and oxygen atoms in total. The Morgan fingerprint density at radius 3 is 2.47 bits per heavy atom. The number of hydrogen-bond donors (Lipinski definition) is 0. The Hall–Kier alpha value is -0.570. The lowest BCUT2D eigenvalue weighted by atomic mass is 9.94. The fourth-order valence-corrected chi connectivity index (χ4v) is 2.78. The van der Waals surface area contributed by atoms with E-state index in [1.807, 2.05) is 4.90 Å². The molecule has 1 unspecified atom stereocenters. The van der Waals surface area contributed by atoms with Crippen LogP contribution in [0.4, 0.5) is 0 Å². The van der Waals surface area contributed by atoms with Crippen molar-refractivity contribution in [2.75, 3.05) is 6.54 Å². The highest BCUT2D eigenvalue weighted by molar-refractivity contribution is 6.64. The maximum absolute atomic E-state index is 11.7. The van der Waals surface area contributed by atoms with E-state index in [0.29, 0.717) is 19.0 Å². The summed E-state index contributed by atoms with van der Waals surface area (Å²) in [4.78, 5) is 24.6. The first-order valence-corrected chi connectivity index (χ1v) is 6.05. The molecular weight excluding hydrogens is 214 g/mol. The number of amides is 1. The van der Waals surface area contributed by atoms with E-state index in [9.17, 15) is 9.59 Å². The zero-order chi connectivity index (χ0) is 10.8. The molecule has 0 aromatic rings. The number of halogens is 1. The summed E-state index contributed by atoms with van der Waals surface area (Å²) in [5.41, 5.74) is 0. The fraction of sp³-hybridized carbons (Fsp3) is 0.818. The molecule has 0 aromatic carbocycles. The van der Waals surface area contributed by atoms with E-state index >= 15 is 0 Å². The minimum Gasteiger partial charge on any atom is -0.339 e. The van der Waals surface area contributed by atoms with Crippen LogP contribution in [0.2, 0.25) is 0 Å². The van der Waals surface area contributed by atoms with Gasteiger partial charge in [0.2, 0.25) is 11.1 Å². The molecule has 0 aromatic heterocycles. The van der Waals surface area contributed by atoms with Gasteiger partial charge in [0.15, 0.2) is 0 Å². The molecule has 1 aliphatic carbocycles. The number of likely N-dealkylation sites (tertiary alicyclic amines) is 1. The van der Waals surface area contributed by atoms with Crippen LogP contribution in [0.3, 0.4) is 0 Å². The van der Waals surface area contributed by atoms with Crippen LogP contribution in [-0.2, 0) is 9.59 Å². The van der Waals surface area contributed by atoms with Gasteiger partial charge in [-0.1, -0.05) is 19.3 Å². The average Bonchev–Trinajstić information content (AvgIpc) is 2.62. The summed E-state index contributed by atoms with van der Waals surface area (Å²) in [5, 5.41) is -0.360. The third kappa shape index (κ3) is 2.33. The van der Waals surface area contributed by atoms with Gasteiger partial charge in [0.05, 0.1) is 5.92 Å². The topological polar surface area (TPSA) is 37.4 Å². The maximum atomic E-state index is 11.7. The first kappa shape index (κ1) is 10.9. The molecule has 1 aliphatic heterocycles. The molecule has 0 bridgehead atoms. The Balaban J connectivity index is 1.97. The van der Waals surface area contributed by atoms with Gasteiger partial charge in [-0.25, -0.2) is 0 Å².